The number of carbonyl (C=O) groups excluding carboxylic acids is 1. The molecule has 3 heterocycles. The van der Waals surface area contributed by atoms with Crippen LogP contribution in [0.25, 0.3) is 0 Å². The minimum absolute atomic E-state index is 0.0628. The summed E-state index contributed by atoms with van der Waals surface area (Å²) in [7, 11) is 0. The lowest BCUT2D eigenvalue weighted by Gasteiger charge is -2.44. The van der Waals surface area contributed by atoms with E-state index in [9.17, 15) is 4.79 Å². The molecule has 1 amide bonds. The van der Waals surface area contributed by atoms with Crippen molar-refractivity contribution in [2.45, 2.75) is 58.5 Å². The van der Waals surface area contributed by atoms with Crippen LogP contribution in [-0.4, -0.2) is 41.1 Å². The lowest BCUT2D eigenvalue weighted by molar-refractivity contribution is 0.0575. The number of fused-ring (bicyclic) bond motifs is 1. The first-order valence-corrected chi connectivity index (χ1v) is 10.9. The molecule has 2 aromatic rings. The molecule has 0 radical (unpaired) electrons. The monoisotopic (exact) mass is 379 g/mol. The van der Waals surface area contributed by atoms with Crippen molar-refractivity contribution < 1.29 is 4.79 Å². The Labute approximate surface area is 168 Å². The van der Waals surface area contributed by atoms with Crippen molar-refractivity contribution in [1.29, 1.82) is 0 Å². The molecular weight excluding hydrogens is 346 g/mol. The van der Waals surface area contributed by atoms with Crippen molar-refractivity contribution in [2.24, 2.45) is 5.92 Å². The Morgan fingerprint density at radius 2 is 1.68 bits per heavy atom. The van der Waals surface area contributed by atoms with Crippen molar-refractivity contribution in [3.63, 3.8) is 0 Å². The van der Waals surface area contributed by atoms with Crippen LogP contribution in [0.5, 0.6) is 0 Å². The minimum atomic E-state index is 0.0628. The maximum Gasteiger partial charge on any atom is 0.251 e. The fourth-order valence-corrected chi connectivity index (χ4v) is 5.03. The fraction of sp³-hybridized carbons (Fsp3) is 0.542. The van der Waals surface area contributed by atoms with E-state index in [1.54, 1.807) is 0 Å². The summed E-state index contributed by atoms with van der Waals surface area (Å²) in [4.78, 5) is 15.3. The third-order valence-electron chi connectivity index (χ3n) is 6.73. The highest BCUT2D eigenvalue weighted by Gasteiger charge is 2.32. The van der Waals surface area contributed by atoms with Gasteiger partial charge in [0.25, 0.3) is 5.91 Å². The Morgan fingerprint density at radius 1 is 0.964 bits per heavy atom. The van der Waals surface area contributed by atoms with Gasteiger partial charge in [0.2, 0.25) is 0 Å². The van der Waals surface area contributed by atoms with Crippen LogP contribution in [0, 0.1) is 19.8 Å². The quantitative estimate of drug-likeness (QED) is 0.847. The van der Waals surface area contributed by atoms with Gasteiger partial charge in [0.15, 0.2) is 0 Å². The van der Waals surface area contributed by atoms with Crippen LogP contribution in [0.15, 0.2) is 36.4 Å². The second kappa shape index (κ2) is 8.52. The Kier molecular flexibility index (Phi) is 5.86. The van der Waals surface area contributed by atoms with Crippen molar-refractivity contribution in [3.05, 3.63) is 58.9 Å². The maximum absolute atomic E-state index is 12.7. The van der Waals surface area contributed by atoms with Gasteiger partial charge < -0.3 is 14.8 Å². The number of hydrogen-bond acceptors (Lipinski definition) is 2. The summed E-state index contributed by atoms with van der Waals surface area (Å²) in [6.07, 6.45) is 6.49. The summed E-state index contributed by atoms with van der Waals surface area (Å²) in [5.74, 6) is 0.671. The van der Waals surface area contributed by atoms with Gasteiger partial charge in [-0.15, -0.1) is 0 Å². The highest BCUT2D eigenvalue weighted by Crippen LogP contribution is 2.30. The van der Waals surface area contributed by atoms with E-state index in [2.05, 4.69) is 52.9 Å². The van der Waals surface area contributed by atoms with Gasteiger partial charge in [-0.2, -0.15) is 0 Å². The molecule has 0 aliphatic carbocycles. The van der Waals surface area contributed by atoms with Crippen LogP contribution in [0.2, 0.25) is 0 Å². The number of aryl methyl sites for hydroxylation is 2. The van der Waals surface area contributed by atoms with Gasteiger partial charge >= 0.3 is 0 Å². The maximum atomic E-state index is 12.7. The number of piperidine rings is 2. The molecule has 150 valence electrons. The predicted molar refractivity (Wildman–Crippen MR) is 114 cm³/mol. The molecule has 4 nitrogen and oxygen atoms in total. The van der Waals surface area contributed by atoms with Gasteiger partial charge in [0, 0.05) is 36.1 Å². The first-order chi connectivity index (χ1) is 13.6. The third-order valence-corrected chi connectivity index (χ3v) is 6.73. The average molecular weight is 380 g/mol. The highest BCUT2D eigenvalue weighted by atomic mass is 16.1. The molecule has 2 aliphatic rings. The van der Waals surface area contributed by atoms with E-state index in [1.807, 2.05) is 12.1 Å². The van der Waals surface area contributed by atoms with E-state index in [-0.39, 0.29) is 5.91 Å². The second-order valence-electron chi connectivity index (χ2n) is 8.61. The molecular formula is C24H33N3O. The van der Waals surface area contributed by atoms with Crippen molar-refractivity contribution in [2.75, 3.05) is 19.6 Å². The smallest absolute Gasteiger partial charge is 0.251 e. The molecule has 0 saturated carbocycles. The van der Waals surface area contributed by atoms with Crippen LogP contribution in [0.1, 0.15) is 59.4 Å². The van der Waals surface area contributed by atoms with Crippen LogP contribution < -0.4 is 5.32 Å². The summed E-state index contributed by atoms with van der Waals surface area (Å²) in [5.41, 5.74) is 4.53. The van der Waals surface area contributed by atoms with E-state index in [1.165, 1.54) is 62.1 Å². The Bertz CT molecular complexity index is 786. The van der Waals surface area contributed by atoms with Crippen LogP contribution in [-0.2, 0) is 6.54 Å². The van der Waals surface area contributed by atoms with Gasteiger partial charge in [-0.1, -0.05) is 18.6 Å². The highest BCUT2D eigenvalue weighted by molar-refractivity contribution is 5.94. The molecule has 1 aromatic heterocycles. The van der Waals surface area contributed by atoms with Gasteiger partial charge in [0.1, 0.15) is 0 Å². The summed E-state index contributed by atoms with van der Waals surface area (Å²) >= 11 is 0. The molecule has 1 N–H and O–H groups in total. The molecule has 0 bridgehead atoms. The molecule has 2 fully saturated rings. The second-order valence-corrected chi connectivity index (χ2v) is 8.61. The minimum Gasteiger partial charge on any atom is -0.352 e. The number of benzene rings is 1. The van der Waals surface area contributed by atoms with Crippen molar-refractivity contribution in [1.82, 2.24) is 14.8 Å². The first kappa shape index (κ1) is 19.3. The third kappa shape index (κ3) is 4.17. The average Bonchev–Trinajstić information content (AvgIpc) is 3.04. The zero-order valence-corrected chi connectivity index (χ0v) is 17.3. The zero-order valence-electron chi connectivity index (χ0n) is 17.3. The van der Waals surface area contributed by atoms with Crippen LogP contribution in [0.4, 0.5) is 0 Å². The number of aromatic nitrogens is 1. The normalized spacial score (nSPS) is 22.6. The molecule has 4 rings (SSSR count). The standard InChI is InChI=1S/C24H33N3O/c1-18-8-9-19(2)27(18)17-20-10-12-21(13-11-20)24(28)25-16-22-6-5-15-26-14-4-3-7-23(22)26/h8-13,22-23H,3-7,14-17H2,1-2H3,(H,25,28)/t22-,23-/m0/s1. The Balaban J connectivity index is 1.33. The molecule has 4 heteroatoms. The van der Waals surface area contributed by atoms with E-state index in [0.717, 1.165) is 18.7 Å². The lowest BCUT2D eigenvalue weighted by atomic mass is 9.83. The van der Waals surface area contributed by atoms with Crippen molar-refractivity contribution >= 4 is 5.91 Å². The molecule has 0 unspecified atom stereocenters. The summed E-state index contributed by atoms with van der Waals surface area (Å²) < 4.78 is 2.30. The molecule has 28 heavy (non-hydrogen) atoms. The topological polar surface area (TPSA) is 37.3 Å². The zero-order chi connectivity index (χ0) is 19.5. The number of amides is 1. The first-order valence-electron chi connectivity index (χ1n) is 10.9. The largest absolute Gasteiger partial charge is 0.352 e. The number of nitrogens with zero attached hydrogens (tertiary/aromatic N) is 2. The van der Waals surface area contributed by atoms with E-state index in [0.29, 0.717) is 12.0 Å². The molecule has 2 aliphatic heterocycles. The molecule has 1 aromatic carbocycles. The van der Waals surface area contributed by atoms with Gasteiger partial charge in [0.05, 0.1) is 0 Å². The predicted octanol–water partition coefficient (Wildman–Crippen LogP) is 4.15. The fourth-order valence-electron chi connectivity index (χ4n) is 5.03. The van der Waals surface area contributed by atoms with Gasteiger partial charge in [-0.25, -0.2) is 0 Å². The number of hydrogen-bond donors (Lipinski definition) is 1. The molecule has 2 atom stereocenters. The van der Waals surface area contributed by atoms with Gasteiger partial charge in [-0.05, 0) is 88.4 Å². The van der Waals surface area contributed by atoms with Gasteiger partial charge in [-0.3, -0.25) is 4.79 Å². The molecule has 0 spiro atoms. The van der Waals surface area contributed by atoms with E-state index < -0.39 is 0 Å². The summed E-state index contributed by atoms with van der Waals surface area (Å²) in [5, 5.41) is 3.21. The summed E-state index contributed by atoms with van der Waals surface area (Å²) in [6, 6.07) is 13.1. The van der Waals surface area contributed by atoms with Crippen LogP contribution >= 0.6 is 0 Å². The Morgan fingerprint density at radius 3 is 2.43 bits per heavy atom. The van der Waals surface area contributed by atoms with E-state index >= 15 is 0 Å². The SMILES string of the molecule is Cc1ccc(C)n1Cc1ccc(C(=O)NC[C@@H]2CCCN3CCCC[C@@H]23)cc1. The number of rotatable bonds is 5. The van der Waals surface area contributed by atoms with Crippen molar-refractivity contribution in [3.8, 4) is 0 Å². The number of carbonyl (C=O) groups is 1. The van der Waals surface area contributed by atoms with E-state index in [4.69, 9.17) is 0 Å². The molecule has 2 saturated heterocycles. The van der Waals surface area contributed by atoms with Crippen LogP contribution in [0.3, 0.4) is 0 Å². The summed E-state index contributed by atoms with van der Waals surface area (Å²) in [6.45, 7) is 8.42. The lowest BCUT2D eigenvalue weighted by Crippen LogP contribution is -2.51. The Hall–Kier alpha value is -2.07. The number of nitrogens with one attached hydrogen (secondary N) is 1.